The topological polar surface area (TPSA) is 102 Å². The van der Waals surface area contributed by atoms with E-state index >= 15 is 0 Å². The molecular formula is C9H9F3N2O3S. The average molecular weight is 282 g/mol. The van der Waals surface area contributed by atoms with Crippen LogP contribution in [-0.2, 0) is 20.9 Å². The minimum Gasteiger partial charge on any atom is -0.344 e. The third kappa shape index (κ3) is 3.99. The maximum absolute atomic E-state index is 11.9. The number of hydrogen-bond donors (Lipinski definition) is 1. The van der Waals surface area contributed by atoms with Gasteiger partial charge in [-0.15, -0.1) is 0 Å². The van der Waals surface area contributed by atoms with Crippen LogP contribution in [0.15, 0.2) is 24.3 Å². The first-order chi connectivity index (χ1) is 7.76. The molecule has 0 radical (unpaired) electrons. The van der Waals surface area contributed by atoms with Gasteiger partial charge in [0.05, 0.1) is 18.2 Å². The van der Waals surface area contributed by atoms with E-state index in [2.05, 4.69) is 4.18 Å². The zero-order valence-electron chi connectivity index (χ0n) is 8.94. The molecule has 0 unspecified atom stereocenters. The van der Waals surface area contributed by atoms with Crippen LogP contribution in [0.4, 0.5) is 13.2 Å². The summed E-state index contributed by atoms with van der Waals surface area (Å²) < 4.78 is 60.6. The second-order valence-electron chi connectivity index (χ2n) is 2.97. The largest absolute Gasteiger partial charge is 0.523 e. The molecule has 5 nitrogen and oxygen atoms in total. The molecule has 1 rings (SSSR count). The van der Waals surface area contributed by atoms with Crippen LogP contribution in [0.1, 0.15) is 11.1 Å². The maximum atomic E-state index is 11.9. The monoisotopic (exact) mass is 282 g/mol. The van der Waals surface area contributed by atoms with E-state index in [1.807, 2.05) is 6.07 Å². The van der Waals surface area contributed by atoms with Gasteiger partial charge in [-0.2, -0.15) is 26.9 Å². The quantitative estimate of drug-likeness (QED) is 0.675. The van der Waals surface area contributed by atoms with Crippen LogP contribution in [0.5, 0.6) is 0 Å². The van der Waals surface area contributed by atoms with Crippen molar-refractivity contribution in [1.82, 2.24) is 6.15 Å². The van der Waals surface area contributed by atoms with Gasteiger partial charge in [-0.3, -0.25) is 4.18 Å². The summed E-state index contributed by atoms with van der Waals surface area (Å²) in [5, 5.41) is 8.47. The van der Waals surface area contributed by atoms with Crippen molar-refractivity contribution in [2.45, 2.75) is 12.1 Å². The highest BCUT2D eigenvalue weighted by molar-refractivity contribution is 7.87. The van der Waals surface area contributed by atoms with Crippen LogP contribution in [0.3, 0.4) is 0 Å². The van der Waals surface area contributed by atoms with Crippen LogP contribution in [0.2, 0.25) is 0 Å². The third-order valence-electron chi connectivity index (χ3n) is 1.75. The molecule has 9 heteroatoms. The SMILES string of the molecule is N.N#Cc1ccc(COS(=O)(=O)C(F)(F)F)cc1. The summed E-state index contributed by atoms with van der Waals surface area (Å²) in [6.45, 7) is -0.729. The fraction of sp³-hybridized carbons (Fsp3) is 0.222. The van der Waals surface area contributed by atoms with Crippen molar-refractivity contribution in [3.05, 3.63) is 35.4 Å². The van der Waals surface area contributed by atoms with Crippen molar-refractivity contribution in [1.29, 1.82) is 5.26 Å². The van der Waals surface area contributed by atoms with Gasteiger partial charge in [0, 0.05) is 0 Å². The highest BCUT2D eigenvalue weighted by Gasteiger charge is 2.47. The number of halogens is 3. The lowest BCUT2D eigenvalue weighted by atomic mass is 10.2. The fourth-order valence-corrected chi connectivity index (χ4v) is 1.31. The van der Waals surface area contributed by atoms with Crippen molar-refractivity contribution < 1.29 is 25.8 Å². The van der Waals surface area contributed by atoms with Gasteiger partial charge in [0.25, 0.3) is 0 Å². The Hall–Kier alpha value is -1.63. The Morgan fingerprint density at radius 3 is 2.11 bits per heavy atom. The summed E-state index contributed by atoms with van der Waals surface area (Å²) >= 11 is 0. The standard InChI is InChI=1S/C9H6F3NO3S.H3N/c10-9(11,12)17(14,15)16-6-8-3-1-7(5-13)2-4-8;/h1-4H,6H2;1H3. The first-order valence-electron chi connectivity index (χ1n) is 4.21. The van der Waals surface area contributed by atoms with Gasteiger partial charge in [-0.1, -0.05) is 12.1 Å². The summed E-state index contributed by atoms with van der Waals surface area (Å²) in [7, 11) is -5.58. The highest BCUT2D eigenvalue weighted by atomic mass is 32.2. The highest BCUT2D eigenvalue weighted by Crippen LogP contribution is 2.25. The molecular weight excluding hydrogens is 273 g/mol. The van der Waals surface area contributed by atoms with Crippen molar-refractivity contribution in [3.8, 4) is 6.07 Å². The van der Waals surface area contributed by atoms with Crippen molar-refractivity contribution in [2.75, 3.05) is 0 Å². The smallest absolute Gasteiger partial charge is 0.344 e. The second kappa shape index (κ2) is 5.81. The Kier molecular flexibility index (Phi) is 5.29. The van der Waals surface area contributed by atoms with Crippen LogP contribution in [-0.4, -0.2) is 13.9 Å². The summed E-state index contributed by atoms with van der Waals surface area (Å²) in [6.07, 6.45) is 0. The molecule has 0 aromatic heterocycles. The number of rotatable bonds is 3. The summed E-state index contributed by atoms with van der Waals surface area (Å²) in [5.74, 6) is 0. The van der Waals surface area contributed by atoms with E-state index in [0.717, 1.165) is 0 Å². The molecule has 0 aliphatic heterocycles. The van der Waals surface area contributed by atoms with Gasteiger partial charge in [0.15, 0.2) is 0 Å². The number of nitrogens with zero attached hydrogens (tertiary/aromatic N) is 1. The van der Waals surface area contributed by atoms with Crippen LogP contribution in [0.25, 0.3) is 0 Å². The summed E-state index contributed by atoms with van der Waals surface area (Å²) in [6, 6.07) is 7.12. The molecule has 1 aromatic rings. The van der Waals surface area contributed by atoms with Gasteiger partial charge in [0.1, 0.15) is 0 Å². The molecule has 18 heavy (non-hydrogen) atoms. The predicted molar refractivity (Wildman–Crippen MR) is 55.9 cm³/mol. The molecule has 0 saturated carbocycles. The molecule has 3 N–H and O–H groups in total. The molecule has 1 aromatic carbocycles. The normalized spacial score (nSPS) is 11.4. The van der Waals surface area contributed by atoms with E-state index in [-0.39, 0.29) is 11.7 Å². The average Bonchev–Trinajstić information content (AvgIpc) is 2.25. The molecule has 0 amide bonds. The molecule has 0 atom stereocenters. The summed E-state index contributed by atoms with van der Waals surface area (Å²) in [5.41, 5.74) is -4.90. The first kappa shape index (κ1) is 16.4. The first-order valence-corrected chi connectivity index (χ1v) is 5.62. The minimum absolute atomic E-state index is 0. The third-order valence-corrected chi connectivity index (χ3v) is 2.74. The van der Waals surface area contributed by atoms with E-state index in [1.54, 1.807) is 0 Å². The van der Waals surface area contributed by atoms with E-state index < -0.39 is 22.2 Å². The van der Waals surface area contributed by atoms with Gasteiger partial charge in [-0.05, 0) is 17.7 Å². The van der Waals surface area contributed by atoms with E-state index in [4.69, 9.17) is 5.26 Å². The van der Waals surface area contributed by atoms with Crippen LogP contribution < -0.4 is 6.15 Å². The van der Waals surface area contributed by atoms with Crippen LogP contribution >= 0.6 is 0 Å². The fourth-order valence-electron chi connectivity index (χ4n) is 0.888. The zero-order chi connectivity index (χ0) is 13.1. The molecule has 0 aliphatic rings. The van der Waals surface area contributed by atoms with Gasteiger partial charge < -0.3 is 6.15 Å². The molecule has 0 aliphatic carbocycles. The van der Waals surface area contributed by atoms with E-state index in [1.165, 1.54) is 24.3 Å². The number of alkyl halides is 3. The Bertz CT molecular complexity index is 532. The second-order valence-corrected chi connectivity index (χ2v) is 4.58. The molecule has 0 saturated heterocycles. The molecule has 0 spiro atoms. The molecule has 0 fully saturated rings. The van der Waals surface area contributed by atoms with Gasteiger partial charge >= 0.3 is 15.6 Å². The Morgan fingerprint density at radius 2 is 1.72 bits per heavy atom. The number of benzene rings is 1. The van der Waals surface area contributed by atoms with Crippen LogP contribution in [0, 0.1) is 11.3 Å². The van der Waals surface area contributed by atoms with Crippen molar-refractivity contribution in [3.63, 3.8) is 0 Å². The van der Waals surface area contributed by atoms with Gasteiger partial charge in [0.2, 0.25) is 0 Å². The number of nitriles is 1. The molecule has 100 valence electrons. The maximum Gasteiger partial charge on any atom is 0.523 e. The van der Waals surface area contributed by atoms with Crippen molar-refractivity contribution >= 4 is 10.1 Å². The van der Waals surface area contributed by atoms with Crippen molar-refractivity contribution in [2.24, 2.45) is 0 Å². The van der Waals surface area contributed by atoms with Gasteiger partial charge in [-0.25, -0.2) is 0 Å². The number of hydrogen-bond acceptors (Lipinski definition) is 5. The Balaban J connectivity index is 0.00000289. The minimum atomic E-state index is -5.58. The molecule has 0 bridgehead atoms. The lowest BCUT2D eigenvalue weighted by Gasteiger charge is -2.08. The van der Waals surface area contributed by atoms with E-state index in [0.29, 0.717) is 5.56 Å². The van der Waals surface area contributed by atoms with E-state index in [9.17, 15) is 21.6 Å². The zero-order valence-corrected chi connectivity index (χ0v) is 9.75. The lowest BCUT2D eigenvalue weighted by molar-refractivity contribution is -0.0547. The lowest BCUT2D eigenvalue weighted by Crippen LogP contribution is -2.25. The molecule has 0 heterocycles. The predicted octanol–water partition coefficient (Wildman–Crippen LogP) is 2.09. The Morgan fingerprint density at radius 1 is 1.22 bits per heavy atom. The summed E-state index contributed by atoms with van der Waals surface area (Å²) in [4.78, 5) is 0. The Labute approximate surface area is 101 Å².